The number of hydrogen-bond donors (Lipinski definition) is 5. The molecule has 0 aromatic carbocycles. The molecule has 2 saturated heterocycles. The standard InChI is InChI=1S/C17H28N4O6S/c1-9(22)13(18)16(25)21-7-3-5-12(21)15(24)20-6-2-4-11(20)14(23)19-10(8-28)17(26)27/h9-13,22,28H,2-8,18H2,1H3,(H,19,23)(H,26,27). The maximum absolute atomic E-state index is 13.1. The molecule has 0 aliphatic carbocycles. The highest BCUT2D eigenvalue weighted by molar-refractivity contribution is 7.80. The van der Waals surface area contributed by atoms with Crippen molar-refractivity contribution in [2.45, 2.75) is 62.9 Å². The van der Waals surface area contributed by atoms with E-state index in [-0.39, 0.29) is 11.7 Å². The van der Waals surface area contributed by atoms with Gasteiger partial charge in [0.05, 0.1) is 6.10 Å². The van der Waals surface area contributed by atoms with Crippen molar-refractivity contribution in [1.29, 1.82) is 0 Å². The molecule has 158 valence electrons. The average Bonchev–Trinajstić information content (AvgIpc) is 3.32. The second-order valence-corrected chi connectivity index (χ2v) is 7.59. The summed E-state index contributed by atoms with van der Waals surface area (Å²) in [7, 11) is 0. The lowest BCUT2D eigenvalue weighted by molar-refractivity contribution is -0.148. The first-order chi connectivity index (χ1) is 13.2. The number of aliphatic hydroxyl groups excluding tert-OH is 1. The number of carbonyl (C=O) groups excluding carboxylic acids is 3. The molecular formula is C17H28N4O6S. The first-order valence-electron chi connectivity index (χ1n) is 9.37. The first-order valence-corrected chi connectivity index (χ1v) is 10.0. The summed E-state index contributed by atoms with van der Waals surface area (Å²) in [6.45, 7) is 2.13. The van der Waals surface area contributed by atoms with Crippen molar-refractivity contribution in [3.05, 3.63) is 0 Å². The van der Waals surface area contributed by atoms with Crippen molar-refractivity contribution in [3.8, 4) is 0 Å². The summed E-state index contributed by atoms with van der Waals surface area (Å²) >= 11 is 3.92. The minimum absolute atomic E-state index is 0.0656. The van der Waals surface area contributed by atoms with E-state index in [9.17, 15) is 24.3 Å². The number of carboxylic acids is 1. The zero-order chi connectivity index (χ0) is 21.0. The third kappa shape index (κ3) is 4.76. The van der Waals surface area contributed by atoms with E-state index in [2.05, 4.69) is 17.9 Å². The average molecular weight is 417 g/mol. The smallest absolute Gasteiger partial charge is 0.327 e. The van der Waals surface area contributed by atoms with Crippen molar-refractivity contribution >= 4 is 36.3 Å². The topological polar surface area (TPSA) is 153 Å². The van der Waals surface area contributed by atoms with E-state index in [4.69, 9.17) is 10.8 Å². The number of carboxylic acid groups (broad SMARTS) is 1. The van der Waals surface area contributed by atoms with Crippen LogP contribution in [0.5, 0.6) is 0 Å². The van der Waals surface area contributed by atoms with E-state index in [1.165, 1.54) is 16.7 Å². The Balaban J connectivity index is 2.10. The summed E-state index contributed by atoms with van der Waals surface area (Å²) in [5.41, 5.74) is 5.74. The Bertz CT molecular complexity index is 631. The van der Waals surface area contributed by atoms with Crippen LogP contribution in [0.4, 0.5) is 0 Å². The minimum atomic E-state index is -1.20. The highest BCUT2D eigenvalue weighted by Crippen LogP contribution is 2.25. The summed E-state index contributed by atoms with van der Waals surface area (Å²) in [6.07, 6.45) is 1.07. The molecule has 28 heavy (non-hydrogen) atoms. The quantitative estimate of drug-likeness (QED) is 0.306. The molecule has 0 aromatic heterocycles. The van der Waals surface area contributed by atoms with Crippen LogP contribution >= 0.6 is 12.6 Å². The molecular weight excluding hydrogens is 388 g/mol. The van der Waals surface area contributed by atoms with Gasteiger partial charge in [0.15, 0.2) is 0 Å². The highest BCUT2D eigenvalue weighted by atomic mass is 32.1. The molecule has 5 unspecified atom stereocenters. The third-order valence-electron chi connectivity index (χ3n) is 5.26. The van der Waals surface area contributed by atoms with Gasteiger partial charge in [-0.15, -0.1) is 0 Å². The predicted molar refractivity (Wildman–Crippen MR) is 103 cm³/mol. The number of thiol groups is 1. The van der Waals surface area contributed by atoms with Crippen LogP contribution in [-0.2, 0) is 19.2 Å². The summed E-state index contributed by atoms with van der Waals surface area (Å²) in [5, 5.41) is 21.1. The Hall–Kier alpha value is -1.85. The number of aliphatic carboxylic acids is 1. The Kier molecular flexibility index (Phi) is 7.67. The summed E-state index contributed by atoms with van der Waals surface area (Å²) in [5.74, 6) is -2.64. The molecule has 2 aliphatic heterocycles. The third-order valence-corrected chi connectivity index (χ3v) is 5.63. The van der Waals surface area contributed by atoms with Gasteiger partial charge in [-0.3, -0.25) is 14.4 Å². The number of rotatable bonds is 7. The number of nitrogens with zero attached hydrogens (tertiary/aromatic N) is 2. The molecule has 0 spiro atoms. The van der Waals surface area contributed by atoms with Crippen LogP contribution in [0.3, 0.4) is 0 Å². The molecule has 5 atom stereocenters. The largest absolute Gasteiger partial charge is 0.480 e. The van der Waals surface area contributed by atoms with E-state index < -0.39 is 48.1 Å². The van der Waals surface area contributed by atoms with Gasteiger partial charge in [-0.05, 0) is 32.6 Å². The van der Waals surface area contributed by atoms with Crippen molar-refractivity contribution in [2.24, 2.45) is 5.73 Å². The molecule has 10 nitrogen and oxygen atoms in total. The molecule has 0 radical (unpaired) electrons. The molecule has 2 heterocycles. The van der Waals surface area contributed by atoms with E-state index in [0.717, 1.165) is 0 Å². The summed E-state index contributed by atoms with van der Waals surface area (Å²) < 4.78 is 0. The van der Waals surface area contributed by atoms with Crippen LogP contribution in [0.1, 0.15) is 32.6 Å². The summed E-state index contributed by atoms with van der Waals surface area (Å²) in [6, 6.07) is -3.76. The Labute approximate surface area is 168 Å². The number of amides is 3. The molecule has 0 bridgehead atoms. The van der Waals surface area contributed by atoms with Crippen LogP contribution in [0.25, 0.3) is 0 Å². The maximum atomic E-state index is 13.1. The predicted octanol–water partition coefficient (Wildman–Crippen LogP) is -1.82. The molecule has 5 N–H and O–H groups in total. The van der Waals surface area contributed by atoms with Crippen molar-refractivity contribution < 1.29 is 29.4 Å². The van der Waals surface area contributed by atoms with Gasteiger partial charge >= 0.3 is 5.97 Å². The molecule has 2 rings (SSSR count). The normalized spacial score (nSPS) is 25.3. The van der Waals surface area contributed by atoms with Crippen molar-refractivity contribution in [1.82, 2.24) is 15.1 Å². The summed E-state index contributed by atoms with van der Waals surface area (Å²) in [4.78, 5) is 52.0. The van der Waals surface area contributed by atoms with Gasteiger partial charge in [-0.1, -0.05) is 0 Å². The van der Waals surface area contributed by atoms with E-state index in [1.807, 2.05) is 0 Å². The van der Waals surface area contributed by atoms with Crippen LogP contribution < -0.4 is 11.1 Å². The lowest BCUT2D eigenvalue weighted by Gasteiger charge is -2.32. The number of nitrogens with one attached hydrogen (secondary N) is 1. The van der Waals surface area contributed by atoms with Crippen LogP contribution in [0, 0.1) is 0 Å². The van der Waals surface area contributed by atoms with E-state index in [1.54, 1.807) is 0 Å². The second-order valence-electron chi connectivity index (χ2n) is 7.23. The SMILES string of the molecule is CC(O)C(N)C(=O)N1CCCC1C(=O)N1CCCC1C(=O)NC(CS)C(=O)O. The number of hydrogen-bond acceptors (Lipinski definition) is 7. The van der Waals surface area contributed by atoms with Crippen LogP contribution in [0.15, 0.2) is 0 Å². The monoisotopic (exact) mass is 416 g/mol. The van der Waals surface area contributed by atoms with Gasteiger partial charge in [-0.2, -0.15) is 12.6 Å². The van der Waals surface area contributed by atoms with Gasteiger partial charge in [-0.25, -0.2) is 4.79 Å². The lowest BCUT2D eigenvalue weighted by atomic mass is 10.1. The molecule has 3 amide bonds. The van der Waals surface area contributed by atoms with Crippen LogP contribution in [-0.4, -0.2) is 92.8 Å². The van der Waals surface area contributed by atoms with Crippen molar-refractivity contribution in [3.63, 3.8) is 0 Å². The Morgan fingerprint density at radius 1 is 1.14 bits per heavy atom. The number of aliphatic hydroxyl groups is 1. The number of likely N-dealkylation sites (tertiary alicyclic amines) is 2. The lowest BCUT2D eigenvalue weighted by Crippen LogP contribution is -2.57. The Morgan fingerprint density at radius 2 is 1.71 bits per heavy atom. The minimum Gasteiger partial charge on any atom is -0.480 e. The van der Waals surface area contributed by atoms with E-state index in [0.29, 0.717) is 38.8 Å². The molecule has 2 aliphatic rings. The Morgan fingerprint density at radius 3 is 2.25 bits per heavy atom. The highest BCUT2D eigenvalue weighted by Gasteiger charge is 2.43. The first kappa shape index (κ1) is 22.4. The van der Waals surface area contributed by atoms with Gasteiger partial charge in [0, 0.05) is 18.8 Å². The molecule has 0 aromatic rings. The van der Waals surface area contributed by atoms with E-state index >= 15 is 0 Å². The van der Waals surface area contributed by atoms with Gasteiger partial charge in [0.25, 0.3) is 0 Å². The number of nitrogens with two attached hydrogens (primary N) is 1. The fraction of sp³-hybridized carbons (Fsp3) is 0.765. The van der Waals surface area contributed by atoms with Gasteiger partial charge in [0.2, 0.25) is 17.7 Å². The van der Waals surface area contributed by atoms with Gasteiger partial charge in [0.1, 0.15) is 24.2 Å². The molecule has 2 fully saturated rings. The van der Waals surface area contributed by atoms with Crippen LogP contribution in [0.2, 0.25) is 0 Å². The maximum Gasteiger partial charge on any atom is 0.327 e. The zero-order valence-electron chi connectivity index (χ0n) is 15.8. The zero-order valence-corrected chi connectivity index (χ0v) is 16.7. The van der Waals surface area contributed by atoms with Crippen molar-refractivity contribution in [2.75, 3.05) is 18.8 Å². The second kappa shape index (κ2) is 9.57. The fourth-order valence-corrected chi connectivity index (χ4v) is 3.88. The fourth-order valence-electron chi connectivity index (χ4n) is 3.63. The molecule has 11 heteroatoms. The number of carbonyl (C=O) groups is 4. The van der Waals surface area contributed by atoms with Gasteiger partial charge < -0.3 is 31.1 Å². The molecule has 0 saturated carbocycles.